The van der Waals surface area contributed by atoms with Gasteiger partial charge in [-0.3, -0.25) is 5.10 Å². The van der Waals surface area contributed by atoms with E-state index in [4.69, 9.17) is 0 Å². The Kier molecular flexibility index (Phi) is 3.79. The lowest BCUT2D eigenvalue weighted by Gasteiger charge is -2.23. The van der Waals surface area contributed by atoms with Gasteiger partial charge in [0.05, 0.1) is 11.9 Å². The SMILES string of the molecule is c1ccc(-c2[nH]ncc2CNC2CCCc3sccc32)cc1. The molecule has 0 aliphatic heterocycles. The fourth-order valence-corrected chi connectivity index (χ4v) is 4.22. The maximum atomic E-state index is 4.23. The number of aromatic amines is 1. The van der Waals surface area contributed by atoms with Gasteiger partial charge in [-0.05, 0) is 41.8 Å². The highest BCUT2D eigenvalue weighted by atomic mass is 32.1. The summed E-state index contributed by atoms with van der Waals surface area (Å²) in [5, 5.41) is 13.3. The summed E-state index contributed by atoms with van der Waals surface area (Å²) in [5.41, 5.74) is 5.04. The van der Waals surface area contributed by atoms with Crippen LogP contribution in [0.3, 0.4) is 0 Å². The van der Waals surface area contributed by atoms with E-state index in [0.717, 1.165) is 12.2 Å². The van der Waals surface area contributed by atoms with Crippen molar-refractivity contribution in [1.82, 2.24) is 15.5 Å². The second-order valence-corrected chi connectivity index (χ2v) is 6.76. The first-order valence-electron chi connectivity index (χ1n) is 7.79. The molecule has 112 valence electrons. The molecule has 1 aliphatic carbocycles. The zero-order valence-electron chi connectivity index (χ0n) is 12.4. The quantitative estimate of drug-likeness (QED) is 0.754. The van der Waals surface area contributed by atoms with Gasteiger partial charge in [0.1, 0.15) is 0 Å². The maximum absolute atomic E-state index is 4.23. The number of benzene rings is 1. The highest BCUT2D eigenvalue weighted by Crippen LogP contribution is 2.33. The first kappa shape index (κ1) is 13.7. The summed E-state index contributed by atoms with van der Waals surface area (Å²) in [6, 6.07) is 13.2. The number of aryl methyl sites for hydroxylation is 1. The molecule has 0 fully saturated rings. The van der Waals surface area contributed by atoms with Crippen LogP contribution in [-0.4, -0.2) is 10.2 Å². The molecule has 0 bridgehead atoms. The highest BCUT2D eigenvalue weighted by Gasteiger charge is 2.21. The van der Waals surface area contributed by atoms with Crippen molar-refractivity contribution in [2.75, 3.05) is 0 Å². The van der Waals surface area contributed by atoms with Crippen LogP contribution in [0.4, 0.5) is 0 Å². The van der Waals surface area contributed by atoms with Crippen LogP contribution >= 0.6 is 11.3 Å². The van der Waals surface area contributed by atoms with Gasteiger partial charge in [-0.25, -0.2) is 0 Å². The van der Waals surface area contributed by atoms with Gasteiger partial charge in [-0.2, -0.15) is 5.10 Å². The van der Waals surface area contributed by atoms with Crippen LogP contribution in [0.2, 0.25) is 0 Å². The number of nitrogens with one attached hydrogen (secondary N) is 2. The fourth-order valence-electron chi connectivity index (χ4n) is 3.23. The van der Waals surface area contributed by atoms with Gasteiger partial charge in [-0.1, -0.05) is 30.3 Å². The Hall–Kier alpha value is -1.91. The molecule has 4 rings (SSSR count). The number of hydrogen-bond acceptors (Lipinski definition) is 3. The number of rotatable bonds is 4. The molecule has 0 radical (unpaired) electrons. The third-order valence-corrected chi connectivity index (χ3v) is 5.37. The average Bonchev–Trinajstić information content (AvgIpc) is 3.23. The van der Waals surface area contributed by atoms with Crippen molar-refractivity contribution < 1.29 is 0 Å². The molecule has 2 aromatic heterocycles. The minimum absolute atomic E-state index is 0.480. The predicted molar refractivity (Wildman–Crippen MR) is 90.9 cm³/mol. The van der Waals surface area contributed by atoms with Crippen molar-refractivity contribution in [2.45, 2.75) is 31.8 Å². The molecule has 22 heavy (non-hydrogen) atoms. The molecule has 0 saturated heterocycles. The molecule has 4 heteroatoms. The van der Waals surface area contributed by atoms with Gasteiger partial charge in [0.25, 0.3) is 0 Å². The van der Waals surface area contributed by atoms with E-state index in [1.807, 2.05) is 23.6 Å². The summed E-state index contributed by atoms with van der Waals surface area (Å²) in [6.45, 7) is 0.848. The molecule has 2 N–H and O–H groups in total. The lowest BCUT2D eigenvalue weighted by Crippen LogP contribution is -2.23. The van der Waals surface area contributed by atoms with Crippen LogP contribution in [0.15, 0.2) is 48.0 Å². The Balaban J connectivity index is 1.51. The van der Waals surface area contributed by atoms with Crippen LogP contribution < -0.4 is 5.32 Å². The molecule has 3 nitrogen and oxygen atoms in total. The van der Waals surface area contributed by atoms with Crippen molar-refractivity contribution in [2.24, 2.45) is 0 Å². The third kappa shape index (κ3) is 2.60. The smallest absolute Gasteiger partial charge is 0.0695 e. The second-order valence-electron chi connectivity index (χ2n) is 5.76. The van der Waals surface area contributed by atoms with Crippen molar-refractivity contribution >= 4 is 11.3 Å². The largest absolute Gasteiger partial charge is 0.306 e. The summed E-state index contributed by atoms with van der Waals surface area (Å²) >= 11 is 1.89. The third-order valence-electron chi connectivity index (χ3n) is 4.37. The van der Waals surface area contributed by atoms with Crippen molar-refractivity contribution in [1.29, 1.82) is 0 Å². The molecule has 0 spiro atoms. The van der Waals surface area contributed by atoms with E-state index >= 15 is 0 Å². The molecule has 1 unspecified atom stereocenters. The van der Waals surface area contributed by atoms with E-state index in [0.29, 0.717) is 6.04 Å². The summed E-state index contributed by atoms with van der Waals surface area (Å²) in [7, 11) is 0. The van der Waals surface area contributed by atoms with Gasteiger partial charge in [-0.15, -0.1) is 11.3 Å². The number of nitrogens with zero attached hydrogens (tertiary/aromatic N) is 1. The monoisotopic (exact) mass is 309 g/mol. The molecule has 0 saturated carbocycles. The van der Waals surface area contributed by atoms with E-state index < -0.39 is 0 Å². The Morgan fingerprint density at radius 3 is 3.05 bits per heavy atom. The van der Waals surface area contributed by atoms with Crippen molar-refractivity contribution in [3.63, 3.8) is 0 Å². The van der Waals surface area contributed by atoms with Crippen LogP contribution in [0.1, 0.15) is 34.9 Å². The molecule has 1 aliphatic rings. The molecule has 0 amide bonds. The van der Waals surface area contributed by atoms with E-state index in [2.05, 4.69) is 51.2 Å². The zero-order chi connectivity index (χ0) is 14.8. The molecular formula is C18H19N3S. The number of H-pyrrole nitrogens is 1. The van der Waals surface area contributed by atoms with E-state index in [9.17, 15) is 0 Å². The molecular weight excluding hydrogens is 290 g/mol. The molecule has 1 atom stereocenters. The minimum Gasteiger partial charge on any atom is -0.306 e. The van der Waals surface area contributed by atoms with Crippen LogP contribution in [0, 0.1) is 0 Å². The zero-order valence-corrected chi connectivity index (χ0v) is 13.2. The van der Waals surface area contributed by atoms with E-state index in [1.165, 1.54) is 36.0 Å². The van der Waals surface area contributed by atoms with E-state index in [1.54, 1.807) is 4.88 Å². The Bertz CT molecular complexity index is 745. The van der Waals surface area contributed by atoms with Gasteiger partial charge >= 0.3 is 0 Å². The Morgan fingerprint density at radius 1 is 1.23 bits per heavy atom. The number of aromatic nitrogens is 2. The first-order chi connectivity index (χ1) is 10.9. The lowest BCUT2D eigenvalue weighted by molar-refractivity contribution is 0.463. The molecule has 2 heterocycles. The standard InChI is InChI=1S/C18H19N3S/c1-2-5-13(6-3-1)18-14(12-20-21-18)11-19-16-7-4-8-17-15(16)9-10-22-17/h1-3,5-6,9-10,12,16,19H,4,7-8,11H2,(H,20,21). The summed E-state index contributed by atoms with van der Waals surface area (Å²) in [4.78, 5) is 1.55. The predicted octanol–water partition coefficient (Wildman–Crippen LogP) is 4.31. The van der Waals surface area contributed by atoms with Crippen LogP contribution in [0.5, 0.6) is 0 Å². The number of hydrogen-bond donors (Lipinski definition) is 2. The lowest BCUT2D eigenvalue weighted by atomic mass is 9.94. The summed E-state index contributed by atoms with van der Waals surface area (Å²) < 4.78 is 0. The second kappa shape index (κ2) is 6.07. The number of thiophene rings is 1. The molecule has 1 aromatic carbocycles. The number of fused-ring (bicyclic) bond motifs is 1. The normalized spacial score (nSPS) is 17.4. The van der Waals surface area contributed by atoms with Gasteiger partial charge in [0, 0.05) is 23.0 Å². The summed E-state index contributed by atoms with van der Waals surface area (Å²) in [6.07, 6.45) is 5.68. The topological polar surface area (TPSA) is 40.7 Å². The average molecular weight is 309 g/mol. The summed E-state index contributed by atoms with van der Waals surface area (Å²) in [5.74, 6) is 0. The van der Waals surface area contributed by atoms with Gasteiger partial charge in [0.2, 0.25) is 0 Å². The fraction of sp³-hybridized carbons (Fsp3) is 0.278. The van der Waals surface area contributed by atoms with Gasteiger partial charge < -0.3 is 5.32 Å². The van der Waals surface area contributed by atoms with Crippen LogP contribution in [-0.2, 0) is 13.0 Å². The Morgan fingerprint density at radius 2 is 2.14 bits per heavy atom. The van der Waals surface area contributed by atoms with E-state index in [-0.39, 0.29) is 0 Å². The van der Waals surface area contributed by atoms with Crippen molar-refractivity contribution in [3.05, 3.63) is 64.0 Å². The van der Waals surface area contributed by atoms with Crippen LogP contribution in [0.25, 0.3) is 11.3 Å². The van der Waals surface area contributed by atoms with Crippen molar-refractivity contribution in [3.8, 4) is 11.3 Å². The minimum atomic E-state index is 0.480. The Labute approximate surface area is 134 Å². The van der Waals surface area contributed by atoms with Gasteiger partial charge in [0.15, 0.2) is 0 Å². The maximum Gasteiger partial charge on any atom is 0.0695 e. The highest BCUT2D eigenvalue weighted by molar-refractivity contribution is 7.10. The first-order valence-corrected chi connectivity index (χ1v) is 8.67. The molecule has 3 aromatic rings.